The SMILES string of the molecule is CCOC(=N[C@H](C)CCCN(CC)CC)NC(=O)c1cccc(C(F)(F)F)c1. The summed E-state index contributed by atoms with van der Waals surface area (Å²) in [6, 6.07) is 4.20. The maximum Gasteiger partial charge on any atom is 0.416 e. The van der Waals surface area contributed by atoms with Crippen LogP contribution in [0.4, 0.5) is 13.2 Å². The summed E-state index contributed by atoms with van der Waals surface area (Å²) < 4.78 is 43.8. The van der Waals surface area contributed by atoms with Crippen molar-refractivity contribution in [3.63, 3.8) is 0 Å². The van der Waals surface area contributed by atoms with E-state index in [-0.39, 0.29) is 24.2 Å². The molecular weight excluding hydrogens is 371 g/mol. The summed E-state index contributed by atoms with van der Waals surface area (Å²) in [6.07, 6.45) is -2.74. The van der Waals surface area contributed by atoms with Crippen LogP contribution in [0.1, 0.15) is 56.5 Å². The van der Waals surface area contributed by atoms with Gasteiger partial charge < -0.3 is 9.64 Å². The van der Waals surface area contributed by atoms with Crippen molar-refractivity contribution in [2.75, 3.05) is 26.2 Å². The Balaban J connectivity index is 2.75. The molecule has 0 fully saturated rings. The van der Waals surface area contributed by atoms with Crippen molar-refractivity contribution in [3.8, 4) is 0 Å². The monoisotopic (exact) mass is 401 g/mol. The van der Waals surface area contributed by atoms with Gasteiger partial charge >= 0.3 is 6.18 Å². The van der Waals surface area contributed by atoms with E-state index < -0.39 is 17.6 Å². The van der Waals surface area contributed by atoms with Gasteiger partial charge in [-0.1, -0.05) is 19.9 Å². The number of ether oxygens (including phenoxy) is 1. The first-order chi connectivity index (χ1) is 13.2. The number of nitrogens with zero attached hydrogens (tertiary/aromatic N) is 2. The molecular formula is C20H30F3N3O2. The molecule has 1 rings (SSSR count). The predicted octanol–water partition coefficient (Wildman–Crippen LogP) is 4.34. The highest BCUT2D eigenvalue weighted by Crippen LogP contribution is 2.29. The van der Waals surface area contributed by atoms with Crippen LogP contribution in [0, 0.1) is 0 Å². The Kier molecular flexibility index (Phi) is 9.99. The molecule has 28 heavy (non-hydrogen) atoms. The largest absolute Gasteiger partial charge is 0.465 e. The van der Waals surface area contributed by atoms with Gasteiger partial charge in [0.2, 0.25) is 0 Å². The van der Waals surface area contributed by atoms with Crippen LogP contribution in [-0.4, -0.2) is 49.1 Å². The summed E-state index contributed by atoms with van der Waals surface area (Å²) in [5, 5.41) is 2.48. The molecule has 0 bridgehead atoms. The van der Waals surface area contributed by atoms with Gasteiger partial charge in [0, 0.05) is 5.56 Å². The third kappa shape index (κ3) is 8.29. The Morgan fingerprint density at radius 3 is 2.50 bits per heavy atom. The minimum Gasteiger partial charge on any atom is -0.465 e. The second kappa shape index (κ2) is 11.7. The zero-order valence-electron chi connectivity index (χ0n) is 17.0. The lowest BCUT2D eigenvalue weighted by Crippen LogP contribution is -2.33. The van der Waals surface area contributed by atoms with E-state index in [4.69, 9.17) is 4.74 Å². The van der Waals surface area contributed by atoms with Gasteiger partial charge in [0.05, 0.1) is 18.2 Å². The Hall–Kier alpha value is -2.09. The van der Waals surface area contributed by atoms with E-state index in [1.165, 1.54) is 12.1 Å². The van der Waals surface area contributed by atoms with Gasteiger partial charge in [0.1, 0.15) is 0 Å². The molecule has 0 heterocycles. The Morgan fingerprint density at radius 2 is 1.93 bits per heavy atom. The van der Waals surface area contributed by atoms with Crippen molar-refractivity contribution in [2.24, 2.45) is 4.99 Å². The molecule has 0 aliphatic heterocycles. The van der Waals surface area contributed by atoms with Crippen LogP contribution < -0.4 is 5.32 Å². The zero-order valence-corrected chi connectivity index (χ0v) is 17.0. The third-order valence-corrected chi connectivity index (χ3v) is 4.28. The summed E-state index contributed by atoms with van der Waals surface area (Å²) in [4.78, 5) is 19.0. The van der Waals surface area contributed by atoms with Gasteiger partial charge in [0.25, 0.3) is 11.9 Å². The minimum atomic E-state index is -4.51. The number of benzene rings is 1. The smallest absolute Gasteiger partial charge is 0.416 e. The molecule has 1 atom stereocenters. The Bertz CT molecular complexity index is 644. The predicted molar refractivity (Wildman–Crippen MR) is 104 cm³/mol. The first-order valence-electron chi connectivity index (χ1n) is 9.62. The number of nitrogens with one attached hydrogen (secondary N) is 1. The van der Waals surface area contributed by atoms with Crippen LogP contribution in [-0.2, 0) is 10.9 Å². The van der Waals surface area contributed by atoms with Crippen LogP contribution >= 0.6 is 0 Å². The van der Waals surface area contributed by atoms with E-state index in [9.17, 15) is 18.0 Å². The van der Waals surface area contributed by atoms with Gasteiger partial charge in [-0.15, -0.1) is 0 Å². The van der Waals surface area contributed by atoms with Gasteiger partial charge in [0.15, 0.2) is 0 Å². The summed E-state index contributed by atoms with van der Waals surface area (Å²) in [6.45, 7) is 11.1. The zero-order chi connectivity index (χ0) is 21.2. The number of carbonyl (C=O) groups excluding carboxylic acids is 1. The molecule has 158 valence electrons. The maximum absolute atomic E-state index is 12.8. The van der Waals surface area contributed by atoms with E-state index in [1.54, 1.807) is 6.92 Å². The first-order valence-corrected chi connectivity index (χ1v) is 9.62. The lowest BCUT2D eigenvalue weighted by atomic mass is 10.1. The highest BCUT2D eigenvalue weighted by atomic mass is 19.4. The van der Waals surface area contributed by atoms with E-state index in [0.29, 0.717) is 0 Å². The molecule has 0 aliphatic carbocycles. The van der Waals surface area contributed by atoms with Crippen molar-refractivity contribution in [1.29, 1.82) is 0 Å². The van der Waals surface area contributed by atoms with Crippen molar-refractivity contribution in [3.05, 3.63) is 35.4 Å². The molecule has 1 amide bonds. The molecule has 0 spiro atoms. The number of hydrogen-bond acceptors (Lipinski definition) is 4. The standard InChI is InChI=1S/C20H30F3N3O2/c1-5-26(6-2)13-9-10-15(4)24-19(28-7-3)25-18(27)16-11-8-12-17(14-16)20(21,22)23/h8,11-12,14-15H,5-7,9-10,13H2,1-4H3,(H,24,25,27)/t15-/m1/s1. The van der Waals surface area contributed by atoms with E-state index >= 15 is 0 Å². The molecule has 0 aliphatic rings. The third-order valence-electron chi connectivity index (χ3n) is 4.28. The fraction of sp³-hybridized carbons (Fsp3) is 0.600. The lowest BCUT2D eigenvalue weighted by molar-refractivity contribution is -0.137. The Labute approximate surface area is 165 Å². The fourth-order valence-corrected chi connectivity index (χ4v) is 2.66. The van der Waals surface area contributed by atoms with Crippen molar-refractivity contribution >= 4 is 11.9 Å². The molecule has 0 unspecified atom stereocenters. The number of halogens is 3. The van der Waals surface area contributed by atoms with Gasteiger partial charge in [-0.25, -0.2) is 4.99 Å². The highest BCUT2D eigenvalue weighted by molar-refractivity contribution is 6.04. The Morgan fingerprint density at radius 1 is 1.25 bits per heavy atom. The maximum atomic E-state index is 12.8. The number of aliphatic imine (C=N–C) groups is 1. The van der Waals surface area contributed by atoms with Gasteiger partial charge in [-0.05, 0) is 64.5 Å². The van der Waals surface area contributed by atoms with Crippen LogP contribution in [0.3, 0.4) is 0 Å². The van der Waals surface area contributed by atoms with E-state index in [1.807, 2.05) is 6.92 Å². The minimum absolute atomic E-state index is 0.0280. The number of rotatable bonds is 9. The summed E-state index contributed by atoms with van der Waals surface area (Å²) in [5.41, 5.74) is -0.976. The quantitative estimate of drug-likeness (QED) is 0.495. The average Bonchev–Trinajstić information content (AvgIpc) is 2.65. The van der Waals surface area contributed by atoms with E-state index in [0.717, 1.165) is 44.6 Å². The molecule has 1 aromatic carbocycles. The summed E-state index contributed by atoms with van der Waals surface area (Å²) in [7, 11) is 0. The second-order valence-electron chi connectivity index (χ2n) is 6.42. The van der Waals surface area contributed by atoms with Crippen molar-refractivity contribution in [2.45, 2.75) is 52.8 Å². The summed E-state index contributed by atoms with van der Waals surface area (Å²) >= 11 is 0. The second-order valence-corrected chi connectivity index (χ2v) is 6.42. The number of hydrogen-bond donors (Lipinski definition) is 1. The molecule has 1 aromatic rings. The van der Waals surface area contributed by atoms with Crippen LogP contribution in [0.2, 0.25) is 0 Å². The number of amidine groups is 1. The molecule has 8 heteroatoms. The first kappa shape index (κ1) is 23.9. The van der Waals surface area contributed by atoms with Crippen molar-refractivity contribution in [1.82, 2.24) is 10.2 Å². The van der Waals surface area contributed by atoms with Gasteiger partial charge in [-0.3, -0.25) is 10.1 Å². The number of amides is 1. The number of carbonyl (C=O) groups is 1. The van der Waals surface area contributed by atoms with Crippen LogP contribution in [0.25, 0.3) is 0 Å². The normalized spacial score (nSPS) is 13.5. The molecule has 0 aromatic heterocycles. The average molecular weight is 401 g/mol. The molecule has 0 saturated carbocycles. The molecule has 0 radical (unpaired) electrons. The van der Waals surface area contributed by atoms with Crippen LogP contribution in [0.5, 0.6) is 0 Å². The summed E-state index contributed by atoms with van der Waals surface area (Å²) in [5.74, 6) is -0.686. The van der Waals surface area contributed by atoms with E-state index in [2.05, 4.69) is 29.1 Å². The fourth-order valence-electron chi connectivity index (χ4n) is 2.66. The van der Waals surface area contributed by atoms with Crippen LogP contribution in [0.15, 0.2) is 29.3 Å². The van der Waals surface area contributed by atoms with Gasteiger partial charge in [-0.2, -0.15) is 13.2 Å². The number of alkyl halides is 3. The topological polar surface area (TPSA) is 53.9 Å². The molecule has 5 nitrogen and oxygen atoms in total. The molecule has 1 N–H and O–H groups in total. The highest BCUT2D eigenvalue weighted by Gasteiger charge is 2.31. The van der Waals surface area contributed by atoms with Crippen molar-refractivity contribution < 1.29 is 22.7 Å². The molecule has 0 saturated heterocycles. The lowest BCUT2D eigenvalue weighted by Gasteiger charge is -2.18.